The largest absolute Gasteiger partial charge is 0.330 e. The third-order valence-corrected chi connectivity index (χ3v) is 4.37. The van der Waals surface area contributed by atoms with E-state index in [9.17, 15) is 0 Å². The van der Waals surface area contributed by atoms with Crippen LogP contribution in [0, 0.1) is 11.8 Å². The van der Waals surface area contributed by atoms with Crippen molar-refractivity contribution in [2.75, 3.05) is 13.1 Å². The highest BCUT2D eigenvalue weighted by atomic mass is 15.2. The summed E-state index contributed by atoms with van der Waals surface area (Å²) in [5.41, 5.74) is 7.32. The zero-order valence-corrected chi connectivity index (χ0v) is 9.68. The first-order valence-electron chi connectivity index (χ1n) is 6.36. The van der Waals surface area contributed by atoms with E-state index >= 15 is 0 Å². The Morgan fingerprint density at radius 2 is 2.00 bits per heavy atom. The maximum absolute atomic E-state index is 5.88. The monoisotopic (exact) mass is 216 g/mol. The van der Waals surface area contributed by atoms with E-state index in [0.29, 0.717) is 0 Å². The Hall–Kier alpha value is -0.860. The Bertz CT molecular complexity index is 349. The van der Waals surface area contributed by atoms with Gasteiger partial charge in [-0.15, -0.1) is 0 Å². The van der Waals surface area contributed by atoms with E-state index in [1.54, 1.807) is 0 Å². The average Bonchev–Trinajstić information content (AvgIpc) is 2.86. The van der Waals surface area contributed by atoms with Gasteiger partial charge in [-0.25, -0.2) is 0 Å². The molecule has 3 atom stereocenters. The van der Waals surface area contributed by atoms with Gasteiger partial charge in [-0.1, -0.05) is 30.3 Å². The van der Waals surface area contributed by atoms with E-state index in [-0.39, 0.29) is 0 Å². The molecule has 16 heavy (non-hydrogen) atoms. The van der Waals surface area contributed by atoms with Gasteiger partial charge in [0.2, 0.25) is 0 Å². The second kappa shape index (κ2) is 4.19. The van der Waals surface area contributed by atoms with Crippen LogP contribution in [0.4, 0.5) is 0 Å². The standard InChI is InChI=1S/C14H20N2/c15-8-13-12-6-7-14(13)16(10-12)9-11-4-2-1-3-5-11/h1-5,12-14H,6-10,15H2/t12-,13+,14+/m0/s1. The quantitative estimate of drug-likeness (QED) is 0.835. The van der Waals surface area contributed by atoms with Gasteiger partial charge in [0.25, 0.3) is 0 Å². The summed E-state index contributed by atoms with van der Waals surface area (Å²) in [6, 6.07) is 11.6. The number of likely N-dealkylation sites (tertiary alicyclic amines) is 1. The molecule has 1 aliphatic heterocycles. The lowest BCUT2D eigenvalue weighted by Gasteiger charge is -2.27. The van der Waals surface area contributed by atoms with Gasteiger partial charge in [0.05, 0.1) is 0 Å². The van der Waals surface area contributed by atoms with Crippen molar-refractivity contribution in [1.29, 1.82) is 0 Å². The van der Waals surface area contributed by atoms with Gasteiger partial charge in [0, 0.05) is 19.1 Å². The molecule has 3 rings (SSSR count). The van der Waals surface area contributed by atoms with Gasteiger partial charge >= 0.3 is 0 Å². The Morgan fingerprint density at radius 1 is 1.19 bits per heavy atom. The predicted molar refractivity (Wildman–Crippen MR) is 65.9 cm³/mol. The van der Waals surface area contributed by atoms with Crippen LogP contribution in [0.5, 0.6) is 0 Å². The maximum Gasteiger partial charge on any atom is 0.0236 e. The summed E-state index contributed by atoms with van der Waals surface area (Å²) >= 11 is 0. The Kier molecular flexibility index (Phi) is 2.70. The number of fused-ring (bicyclic) bond motifs is 2. The summed E-state index contributed by atoms with van der Waals surface area (Å²) in [7, 11) is 0. The van der Waals surface area contributed by atoms with Crippen molar-refractivity contribution in [2.24, 2.45) is 17.6 Å². The van der Waals surface area contributed by atoms with Crippen molar-refractivity contribution in [1.82, 2.24) is 4.90 Å². The van der Waals surface area contributed by atoms with Crippen molar-refractivity contribution in [3.8, 4) is 0 Å². The van der Waals surface area contributed by atoms with Gasteiger partial charge in [-0.3, -0.25) is 4.90 Å². The van der Waals surface area contributed by atoms with E-state index in [1.165, 1.54) is 24.9 Å². The number of nitrogens with zero attached hydrogens (tertiary/aromatic N) is 1. The smallest absolute Gasteiger partial charge is 0.0236 e. The van der Waals surface area contributed by atoms with E-state index < -0.39 is 0 Å². The van der Waals surface area contributed by atoms with Crippen molar-refractivity contribution >= 4 is 0 Å². The van der Waals surface area contributed by atoms with Crippen LogP contribution in [0.1, 0.15) is 18.4 Å². The lowest BCUT2D eigenvalue weighted by molar-refractivity contribution is 0.198. The highest BCUT2D eigenvalue weighted by Crippen LogP contribution is 2.42. The minimum absolute atomic E-state index is 0.759. The van der Waals surface area contributed by atoms with Crippen LogP contribution in [0.25, 0.3) is 0 Å². The molecule has 2 aliphatic rings. The number of benzene rings is 1. The van der Waals surface area contributed by atoms with Crippen molar-refractivity contribution in [3.05, 3.63) is 35.9 Å². The molecule has 0 aromatic heterocycles. The Balaban J connectivity index is 1.70. The molecule has 2 bridgehead atoms. The lowest BCUT2D eigenvalue weighted by atomic mass is 9.99. The molecule has 1 aromatic rings. The predicted octanol–water partition coefficient (Wildman–Crippen LogP) is 1.86. The van der Waals surface area contributed by atoms with Crippen LogP contribution < -0.4 is 5.73 Å². The molecule has 0 amide bonds. The number of hydrogen-bond donors (Lipinski definition) is 1. The Labute approximate surface area is 97.4 Å². The fraction of sp³-hybridized carbons (Fsp3) is 0.571. The second-order valence-corrected chi connectivity index (χ2v) is 5.22. The van der Waals surface area contributed by atoms with Gasteiger partial charge < -0.3 is 5.73 Å². The summed E-state index contributed by atoms with van der Waals surface area (Å²) in [6.07, 6.45) is 2.76. The fourth-order valence-electron chi connectivity index (χ4n) is 3.59. The molecular formula is C14H20N2. The molecule has 86 valence electrons. The summed E-state index contributed by atoms with van der Waals surface area (Å²) in [5, 5.41) is 0. The number of nitrogens with two attached hydrogens (primary N) is 1. The molecule has 0 radical (unpaired) electrons. The van der Waals surface area contributed by atoms with E-state index in [4.69, 9.17) is 5.73 Å². The van der Waals surface area contributed by atoms with Crippen molar-refractivity contribution < 1.29 is 0 Å². The van der Waals surface area contributed by atoms with Gasteiger partial charge in [0.1, 0.15) is 0 Å². The molecule has 2 heteroatoms. The topological polar surface area (TPSA) is 29.3 Å². The molecule has 0 spiro atoms. The molecule has 1 saturated carbocycles. The molecular weight excluding hydrogens is 196 g/mol. The van der Waals surface area contributed by atoms with Crippen LogP contribution >= 0.6 is 0 Å². The fourth-order valence-corrected chi connectivity index (χ4v) is 3.59. The van der Waals surface area contributed by atoms with Gasteiger partial charge in [-0.2, -0.15) is 0 Å². The number of rotatable bonds is 3. The second-order valence-electron chi connectivity index (χ2n) is 5.22. The van der Waals surface area contributed by atoms with Crippen LogP contribution in [0.15, 0.2) is 30.3 Å². The first-order chi connectivity index (χ1) is 7.88. The highest BCUT2D eigenvalue weighted by molar-refractivity contribution is 5.15. The summed E-state index contributed by atoms with van der Waals surface area (Å²) < 4.78 is 0. The maximum atomic E-state index is 5.88. The van der Waals surface area contributed by atoms with E-state index in [1.807, 2.05) is 0 Å². The molecule has 0 unspecified atom stereocenters. The molecule has 2 N–H and O–H groups in total. The zero-order chi connectivity index (χ0) is 11.0. The first-order valence-corrected chi connectivity index (χ1v) is 6.36. The molecule has 1 aliphatic carbocycles. The normalized spacial score (nSPS) is 33.4. The third-order valence-electron chi connectivity index (χ3n) is 4.37. The number of piperidine rings is 1. The SMILES string of the molecule is NC[C@@H]1[C@H]2CC[C@H]1N(Cc1ccccc1)C2. The lowest BCUT2D eigenvalue weighted by Crippen LogP contribution is -2.34. The van der Waals surface area contributed by atoms with Crippen LogP contribution in [0.2, 0.25) is 0 Å². The minimum Gasteiger partial charge on any atom is -0.330 e. The van der Waals surface area contributed by atoms with E-state index in [0.717, 1.165) is 31.0 Å². The summed E-state index contributed by atoms with van der Waals surface area (Å²) in [4.78, 5) is 2.64. The molecule has 2 nitrogen and oxygen atoms in total. The minimum atomic E-state index is 0.759. The molecule has 1 saturated heterocycles. The summed E-state index contributed by atoms with van der Waals surface area (Å²) in [5.74, 6) is 1.64. The zero-order valence-electron chi connectivity index (χ0n) is 9.68. The van der Waals surface area contributed by atoms with E-state index in [2.05, 4.69) is 35.2 Å². The average molecular weight is 216 g/mol. The van der Waals surface area contributed by atoms with Crippen molar-refractivity contribution in [2.45, 2.75) is 25.4 Å². The van der Waals surface area contributed by atoms with Gasteiger partial charge in [-0.05, 0) is 36.8 Å². The van der Waals surface area contributed by atoms with Gasteiger partial charge in [0.15, 0.2) is 0 Å². The summed E-state index contributed by atoms with van der Waals surface area (Å²) in [6.45, 7) is 3.25. The number of hydrogen-bond acceptors (Lipinski definition) is 2. The molecule has 2 fully saturated rings. The van der Waals surface area contributed by atoms with Crippen LogP contribution in [-0.2, 0) is 6.54 Å². The van der Waals surface area contributed by atoms with Crippen LogP contribution in [-0.4, -0.2) is 24.0 Å². The van der Waals surface area contributed by atoms with Crippen molar-refractivity contribution in [3.63, 3.8) is 0 Å². The molecule has 1 heterocycles. The highest BCUT2D eigenvalue weighted by Gasteiger charge is 2.45. The van der Waals surface area contributed by atoms with Crippen LogP contribution in [0.3, 0.4) is 0 Å². The Morgan fingerprint density at radius 3 is 2.69 bits per heavy atom. The first kappa shape index (κ1) is 10.3. The third kappa shape index (κ3) is 1.66. The molecule has 1 aromatic carbocycles.